The Balaban J connectivity index is 0.774. The first kappa shape index (κ1) is 42.9. The number of nitrogens with zero attached hydrogens (tertiary/aromatic N) is 6. The molecule has 0 radical (unpaired) electrons. The highest BCUT2D eigenvalue weighted by atomic mass is 35.5. The van der Waals surface area contributed by atoms with Crippen LogP contribution >= 0.6 is 34.5 Å². The molecular weight excluding hydrogens is 856 g/mol. The minimum atomic E-state index is -0.903. The van der Waals surface area contributed by atoms with Crippen LogP contribution in [0.1, 0.15) is 129 Å². The third kappa shape index (κ3) is 8.14. The zero-order valence-corrected chi connectivity index (χ0v) is 39.3. The van der Waals surface area contributed by atoms with Crippen molar-refractivity contribution >= 4 is 63.1 Å². The van der Waals surface area contributed by atoms with Gasteiger partial charge in [-0.05, 0) is 178 Å². The van der Waals surface area contributed by atoms with E-state index in [1.807, 2.05) is 37.3 Å². The number of carboxylic acid groups (broad SMARTS) is 1. The van der Waals surface area contributed by atoms with Crippen LogP contribution in [0.2, 0.25) is 10.0 Å². The highest BCUT2D eigenvalue weighted by molar-refractivity contribution is 7.15. The van der Waals surface area contributed by atoms with Crippen LogP contribution in [0.5, 0.6) is 0 Å². The van der Waals surface area contributed by atoms with Crippen LogP contribution in [0.25, 0.3) is 16.1 Å². The third-order valence-corrected chi connectivity index (χ3v) is 16.0. The summed E-state index contributed by atoms with van der Waals surface area (Å²) in [7, 11) is 0. The van der Waals surface area contributed by atoms with E-state index in [0.717, 1.165) is 109 Å². The van der Waals surface area contributed by atoms with Crippen LogP contribution in [0.4, 0.5) is 5.69 Å². The maximum absolute atomic E-state index is 11.9. The number of piperidine rings is 2. The van der Waals surface area contributed by atoms with E-state index in [1.54, 1.807) is 17.4 Å². The number of thiophene rings is 1. The Morgan fingerprint density at radius 1 is 0.812 bits per heavy atom. The van der Waals surface area contributed by atoms with Gasteiger partial charge >= 0.3 is 5.97 Å². The zero-order chi connectivity index (χ0) is 44.2. The normalized spacial score (nSPS) is 18.6. The maximum atomic E-state index is 11.9. The molecule has 3 aliphatic heterocycles. The van der Waals surface area contributed by atoms with Gasteiger partial charge < -0.3 is 14.9 Å². The molecule has 0 saturated carbocycles. The number of carboxylic acids is 1. The lowest BCUT2D eigenvalue weighted by atomic mass is 9.84. The number of halogens is 2. The molecule has 1 N–H and O–H groups in total. The molecule has 1 atom stereocenters. The van der Waals surface area contributed by atoms with Crippen LogP contribution in [0.3, 0.4) is 0 Å². The quantitative estimate of drug-likeness (QED) is 0.164. The summed E-state index contributed by atoms with van der Waals surface area (Å²) in [6.45, 7) is 14.2. The Morgan fingerprint density at radius 3 is 2.25 bits per heavy atom. The monoisotopic (exact) mass is 908 g/mol. The van der Waals surface area contributed by atoms with Gasteiger partial charge in [0.05, 0.1) is 11.3 Å². The standard InChI is InChI=1S/C53H54Cl2N6O2S/c1-31-33(3)64-52-48(31)50(56-32(2)51-58-57-34(4)61(51)52)39-12-16-43(17-13-39)60-26-20-35(21-27-60)30-59-24-22-37(23-25-59)36-8-10-38(11-9-36)49-44-18-14-41(53(62)63)28-40(44)6-5-7-46(49)45-19-15-42(54)29-47(45)55/h8-19,28-29,32,35,37H,5-7,20-27,30H2,1-4H3,(H,62,63)/t32-/m0/s1. The van der Waals surface area contributed by atoms with Gasteiger partial charge in [0.25, 0.3) is 0 Å². The van der Waals surface area contributed by atoms with Crippen molar-refractivity contribution < 1.29 is 9.90 Å². The molecule has 11 heteroatoms. The molecule has 0 unspecified atom stereocenters. The summed E-state index contributed by atoms with van der Waals surface area (Å²) in [6, 6.07) is 29.5. The first-order valence-corrected chi connectivity index (χ1v) is 24.4. The van der Waals surface area contributed by atoms with Gasteiger partial charge in [-0.2, -0.15) is 0 Å². The largest absolute Gasteiger partial charge is 0.478 e. The molecule has 1 aliphatic carbocycles. The molecule has 2 fully saturated rings. The number of allylic oxidation sites excluding steroid dienone is 1. The molecule has 6 aromatic rings. The average molecular weight is 910 g/mol. The summed E-state index contributed by atoms with van der Waals surface area (Å²) in [6.07, 6.45) is 7.28. The number of likely N-dealkylation sites (tertiary alicyclic amines) is 1. The summed E-state index contributed by atoms with van der Waals surface area (Å²) < 4.78 is 2.20. The number of hydrogen-bond acceptors (Lipinski definition) is 7. The summed E-state index contributed by atoms with van der Waals surface area (Å²) in [5.74, 6) is 2.15. The molecule has 2 aromatic heterocycles. The SMILES string of the molecule is Cc1sc2c(c1C)C(c1ccc(N3CCC(CN4CCC(c5ccc(C6=C(c7ccc(Cl)cc7Cl)CCCc7cc(C(=O)O)ccc76)cc5)CC4)CC3)cc1)=N[C@@H](C)c1nnc(C)n1-2. The molecule has 0 spiro atoms. The van der Waals surface area contributed by atoms with E-state index in [-0.39, 0.29) is 6.04 Å². The second-order valence-corrected chi connectivity index (χ2v) is 20.3. The number of aromatic nitrogens is 3. The zero-order valence-electron chi connectivity index (χ0n) is 37.0. The van der Waals surface area contributed by atoms with Gasteiger partial charge in [0.15, 0.2) is 5.82 Å². The Kier molecular flexibility index (Phi) is 11.9. The fourth-order valence-corrected chi connectivity index (χ4v) is 12.4. The van der Waals surface area contributed by atoms with E-state index in [9.17, 15) is 9.90 Å². The molecule has 0 amide bonds. The van der Waals surface area contributed by atoms with E-state index in [1.165, 1.54) is 57.2 Å². The van der Waals surface area contributed by atoms with Crippen LogP contribution in [-0.2, 0) is 6.42 Å². The summed E-state index contributed by atoms with van der Waals surface area (Å²) in [5.41, 5.74) is 14.2. The van der Waals surface area contributed by atoms with Gasteiger partial charge in [0.1, 0.15) is 16.9 Å². The smallest absolute Gasteiger partial charge is 0.335 e. The van der Waals surface area contributed by atoms with Gasteiger partial charge in [0.2, 0.25) is 0 Å². The number of carbonyl (C=O) groups is 1. The minimum Gasteiger partial charge on any atom is -0.478 e. The van der Waals surface area contributed by atoms with Crippen molar-refractivity contribution in [2.24, 2.45) is 10.9 Å². The van der Waals surface area contributed by atoms with E-state index in [2.05, 4.69) is 93.9 Å². The number of fused-ring (bicyclic) bond motifs is 4. The Labute approximate surface area is 390 Å². The van der Waals surface area contributed by atoms with Crippen molar-refractivity contribution in [3.63, 3.8) is 0 Å². The molecule has 10 rings (SSSR count). The summed E-state index contributed by atoms with van der Waals surface area (Å²) >= 11 is 15.0. The molecular formula is C53H54Cl2N6O2S. The summed E-state index contributed by atoms with van der Waals surface area (Å²) in [4.78, 5) is 23.8. The van der Waals surface area contributed by atoms with Crippen LogP contribution in [0, 0.1) is 26.7 Å². The Hall–Kier alpha value is -5.06. The lowest BCUT2D eigenvalue weighted by molar-refractivity contribution is 0.0696. The number of rotatable bonds is 8. The molecule has 8 nitrogen and oxygen atoms in total. The lowest BCUT2D eigenvalue weighted by Gasteiger charge is -2.38. The van der Waals surface area contributed by atoms with Crippen molar-refractivity contribution in [2.45, 2.75) is 84.6 Å². The van der Waals surface area contributed by atoms with Crippen LogP contribution in [0.15, 0.2) is 89.9 Å². The maximum Gasteiger partial charge on any atom is 0.335 e. The molecule has 328 valence electrons. The van der Waals surface area contributed by atoms with E-state index in [4.69, 9.17) is 28.2 Å². The van der Waals surface area contributed by atoms with Crippen LogP contribution < -0.4 is 4.90 Å². The fourth-order valence-electron chi connectivity index (χ4n) is 10.7. The number of benzene rings is 4. The van der Waals surface area contributed by atoms with Crippen molar-refractivity contribution in [1.29, 1.82) is 0 Å². The number of aliphatic imine (C=N–C) groups is 1. The molecule has 4 aromatic carbocycles. The number of anilines is 1. The predicted octanol–water partition coefficient (Wildman–Crippen LogP) is 12.6. The first-order chi connectivity index (χ1) is 31.0. The first-order valence-electron chi connectivity index (χ1n) is 22.8. The van der Waals surface area contributed by atoms with Gasteiger partial charge in [0, 0.05) is 51.4 Å². The van der Waals surface area contributed by atoms with E-state index in [0.29, 0.717) is 27.4 Å². The predicted molar refractivity (Wildman–Crippen MR) is 262 cm³/mol. The Bertz CT molecular complexity index is 2810. The summed E-state index contributed by atoms with van der Waals surface area (Å²) in [5, 5.41) is 21.1. The van der Waals surface area contributed by atoms with E-state index >= 15 is 0 Å². The molecule has 4 aliphatic rings. The van der Waals surface area contributed by atoms with Crippen LogP contribution in [-0.4, -0.2) is 69.2 Å². The van der Waals surface area contributed by atoms with Crippen molar-refractivity contribution in [3.8, 4) is 5.00 Å². The minimum absolute atomic E-state index is 0.0873. The lowest BCUT2D eigenvalue weighted by Crippen LogP contribution is -2.41. The van der Waals surface area contributed by atoms with Crippen molar-refractivity contribution in [2.75, 3.05) is 37.6 Å². The highest BCUT2D eigenvalue weighted by Crippen LogP contribution is 2.44. The second kappa shape index (κ2) is 17.7. The number of aromatic carboxylic acids is 1. The third-order valence-electron chi connectivity index (χ3n) is 14.3. The molecule has 0 bridgehead atoms. The second-order valence-electron chi connectivity index (χ2n) is 18.2. The van der Waals surface area contributed by atoms with Gasteiger partial charge in [-0.1, -0.05) is 71.7 Å². The Morgan fingerprint density at radius 2 is 1.53 bits per heavy atom. The molecule has 2 saturated heterocycles. The van der Waals surface area contributed by atoms with Crippen molar-refractivity contribution in [3.05, 3.63) is 162 Å². The van der Waals surface area contributed by atoms with Gasteiger partial charge in [-0.3, -0.25) is 9.56 Å². The molecule has 5 heterocycles. The molecule has 64 heavy (non-hydrogen) atoms. The van der Waals surface area contributed by atoms with Crippen molar-refractivity contribution in [1.82, 2.24) is 19.7 Å². The number of aryl methyl sites for hydroxylation is 3. The van der Waals surface area contributed by atoms with E-state index < -0.39 is 5.97 Å². The van der Waals surface area contributed by atoms with Gasteiger partial charge in [-0.25, -0.2) is 4.79 Å². The van der Waals surface area contributed by atoms with Gasteiger partial charge in [-0.15, -0.1) is 21.5 Å². The topological polar surface area (TPSA) is 86.8 Å². The highest BCUT2D eigenvalue weighted by Gasteiger charge is 2.31. The fraction of sp³-hybridized carbons (Fsp3) is 0.358. The number of hydrogen-bond donors (Lipinski definition) is 1. The average Bonchev–Trinajstić information content (AvgIpc) is 3.71.